The Morgan fingerprint density at radius 2 is 1.87 bits per heavy atom. The van der Waals surface area contributed by atoms with Crippen LogP contribution in [0.4, 0.5) is 10.5 Å². The second kappa shape index (κ2) is 4.99. The van der Waals surface area contributed by atoms with E-state index in [9.17, 15) is 9.59 Å². The standard InChI is InChI=1S/C10H12N2O3/c1-7(9(13)14)11-10(15)12-8-5-3-2-4-6-8/h2-7H,1H3,(H,13,14)(H2,11,12,15)/t7-/m1/s1. The summed E-state index contributed by atoms with van der Waals surface area (Å²) in [6.07, 6.45) is 0. The summed E-state index contributed by atoms with van der Waals surface area (Å²) < 4.78 is 0. The molecule has 0 bridgehead atoms. The highest BCUT2D eigenvalue weighted by Gasteiger charge is 2.13. The molecule has 0 spiro atoms. The predicted octanol–water partition coefficient (Wildman–Crippen LogP) is 1.28. The minimum atomic E-state index is -1.07. The van der Waals surface area contributed by atoms with Crippen molar-refractivity contribution in [3.05, 3.63) is 30.3 Å². The third-order valence-corrected chi connectivity index (χ3v) is 1.75. The zero-order valence-electron chi connectivity index (χ0n) is 8.23. The molecule has 0 saturated carbocycles. The lowest BCUT2D eigenvalue weighted by Gasteiger charge is -2.10. The zero-order valence-corrected chi connectivity index (χ0v) is 8.23. The molecule has 0 unspecified atom stereocenters. The van der Waals surface area contributed by atoms with Gasteiger partial charge >= 0.3 is 12.0 Å². The second-order valence-electron chi connectivity index (χ2n) is 3.02. The number of carboxylic acid groups (broad SMARTS) is 1. The number of urea groups is 1. The predicted molar refractivity (Wildman–Crippen MR) is 55.7 cm³/mol. The lowest BCUT2D eigenvalue weighted by atomic mass is 10.3. The van der Waals surface area contributed by atoms with Gasteiger partial charge in [0.25, 0.3) is 0 Å². The van der Waals surface area contributed by atoms with E-state index in [4.69, 9.17) is 5.11 Å². The van der Waals surface area contributed by atoms with Crippen LogP contribution in [0, 0.1) is 0 Å². The SMILES string of the molecule is C[C@@H](NC(=O)Nc1ccccc1)C(=O)O. The molecule has 0 saturated heterocycles. The molecular formula is C10H12N2O3. The highest BCUT2D eigenvalue weighted by molar-refractivity contribution is 5.92. The van der Waals surface area contributed by atoms with Gasteiger partial charge in [0.15, 0.2) is 0 Å². The largest absolute Gasteiger partial charge is 0.480 e. The molecule has 0 heterocycles. The van der Waals surface area contributed by atoms with Gasteiger partial charge in [0.1, 0.15) is 6.04 Å². The van der Waals surface area contributed by atoms with Crippen LogP contribution in [-0.4, -0.2) is 23.1 Å². The Labute approximate surface area is 87.1 Å². The molecule has 5 nitrogen and oxygen atoms in total. The Morgan fingerprint density at radius 3 is 2.40 bits per heavy atom. The fraction of sp³-hybridized carbons (Fsp3) is 0.200. The summed E-state index contributed by atoms with van der Waals surface area (Å²) in [6.45, 7) is 1.40. The fourth-order valence-electron chi connectivity index (χ4n) is 0.947. The van der Waals surface area contributed by atoms with Crippen LogP contribution >= 0.6 is 0 Å². The topological polar surface area (TPSA) is 78.4 Å². The molecule has 5 heteroatoms. The molecule has 1 aromatic rings. The third-order valence-electron chi connectivity index (χ3n) is 1.75. The van der Waals surface area contributed by atoms with Gasteiger partial charge in [-0.3, -0.25) is 4.79 Å². The van der Waals surface area contributed by atoms with Gasteiger partial charge in [-0.1, -0.05) is 18.2 Å². The second-order valence-corrected chi connectivity index (χ2v) is 3.02. The highest BCUT2D eigenvalue weighted by atomic mass is 16.4. The number of carboxylic acids is 1. The number of benzene rings is 1. The number of amides is 2. The van der Waals surface area contributed by atoms with Crippen molar-refractivity contribution in [3.63, 3.8) is 0 Å². The molecule has 2 amide bonds. The molecule has 15 heavy (non-hydrogen) atoms. The monoisotopic (exact) mass is 208 g/mol. The van der Waals surface area contributed by atoms with E-state index in [1.165, 1.54) is 6.92 Å². The molecule has 1 atom stereocenters. The molecular weight excluding hydrogens is 196 g/mol. The van der Waals surface area contributed by atoms with Crippen LogP contribution in [0.3, 0.4) is 0 Å². The summed E-state index contributed by atoms with van der Waals surface area (Å²) in [4.78, 5) is 21.7. The summed E-state index contributed by atoms with van der Waals surface area (Å²) in [6, 6.07) is 7.36. The maximum absolute atomic E-state index is 11.2. The van der Waals surface area contributed by atoms with Gasteiger partial charge < -0.3 is 15.7 Å². The van der Waals surface area contributed by atoms with Gasteiger partial charge in [0.2, 0.25) is 0 Å². The molecule has 0 aliphatic heterocycles. The minimum Gasteiger partial charge on any atom is -0.480 e. The number of aliphatic carboxylic acids is 1. The van der Waals surface area contributed by atoms with E-state index in [2.05, 4.69) is 10.6 Å². The van der Waals surface area contributed by atoms with Crippen LogP contribution in [0.1, 0.15) is 6.92 Å². The third kappa shape index (κ3) is 3.68. The van der Waals surface area contributed by atoms with Crippen molar-refractivity contribution < 1.29 is 14.7 Å². The summed E-state index contributed by atoms with van der Waals surface area (Å²) in [5.74, 6) is -1.07. The number of hydrogen-bond donors (Lipinski definition) is 3. The van der Waals surface area contributed by atoms with Crippen LogP contribution in [0.15, 0.2) is 30.3 Å². The Bertz CT molecular complexity index is 351. The van der Waals surface area contributed by atoms with E-state index < -0.39 is 18.0 Å². The molecule has 1 aromatic carbocycles. The van der Waals surface area contributed by atoms with E-state index in [-0.39, 0.29) is 0 Å². The Hall–Kier alpha value is -2.04. The number of hydrogen-bond acceptors (Lipinski definition) is 2. The first kappa shape index (κ1) is 11.0. The first-order valence-corrected chi connectivity index (χ1v) is 4.45. The van der Waals surface area contributed by atoms with Crippen LogP contribution < -0.4 is 10.6 Å². The number of rotatable bonds is 3. The quantitative estimate of drug-likeness (QED) is 0.700. The lowest BCUT2D eigenvalue weighted by molar-refractivity contribution is -0.138. The van der Waals surface area contributed by atoms with Gasteiger partial charge in [-0.05, 0) is 19.1 Å². The van der Waals surface area contributed by atoms with Gasteiger partial charge in [0.05, 0.1) is 0 Å². The van der Waals surface area contributed by atoms with Gasteiger partial charge in [-0.2, -0.15) is 0 Å². The van der Waals surface area contributed by atoms with E-state index in [0.29, 0.717) is 5.69 Å². The summed E-state index contributed by atoms with van der Waals surface area (Å²) in [5, 5.41) is 13.3. The van der Waals surface area contributed by atoms with Gasteiger partial charge in [-0.25, -0.2) is 4.79 Å². The number of para-hydroxylation sites is 1. The molecule has 3 N–H and O–H groups in total. The summed E-state index contributed by atoms with van der Waals surface area (Å²) in [7, 11) is 0. The molecule has 0 aliphatic carbocycles. The molecule has 0 aromatic heterocycles. The Kier molecular flexibility index (Phi) is 3.68. The van der Waals surface area contributed by atoms with Crippen molar-refractivity contribution in [2.45, 2.75) is 13.0 Å². The fourth-order valence-corrected chi connectivity index (χ4v) is 0.947. The van der Waals surface area contributed by atoms with Crippen LogP contribution in [0.5, 0.6) is 0 Å². The first-order chi connectivity index (χ1) is 7.09. The maximum Gasteiger partial charge on any atom is 0.325 e. The Balaban J connectivity index is 2.47. The van der Waals surface area contributed by atoms with Crippen LogP contribution in [0.2, 0.25) is 0 Å². The zero-order chi connectivity index (χ0) is 11.3. The van der Waals surface area contributed by atoms with Crippen molar-refractivity contribution in [2.75, 3.05) is 5.32 Å². The normalized spacial score (nSPS) is 11.5. The van der Waals surface area contributed by atoms with Crippen molar-refractivity contribution >= 4 is 17.7 Å². The van der Waals surface area contributed by atoms with E-state index >= 15 is 0 Å². The number of carbonyl (C=O) groups excluding carboxylic acids is 1. The lowest BCUT2D eigenvalue weighted by Crippen LogP contribution is -2.40. The number of anilines is 1. The van der Waals surface area contributed by atoms with Crippen molar-refractivity contribution in [1.29, 1.82) is 0 Å². The van der Waals surface area contributed by atoms with Crippen LogP contribution in [-0.2, 0) is 4.79 Å². The highest BCUT2D eigenvalue weighted by Crippen LogP contribution is 2.04. The molecule has 0 fully saturated rings. The van der Waals surface area contributed by atoms with Crippen molar-refractivity contribution in [3.8, 4) is 0 Å². The Morgan fingerprint density at radius 1 is 1.27 bits per heavy atom. The van der Waals surface area contributed by atoms with E-state index in [1.807, 2.05) is 6.07 Å². The van der Waals surface area contributed by atoms with E-state index in [1.54, 1.807) is 24.3 Å². The molecule has 0 aliphatic rings. The maximum atomic E-state index is 11.2. The van der Waals surface area contributed by atoms with Crippen LogP contribution in [0.25, 0.3) is 0 Å². The van der Waals surface area contributed by atoms with Crippen molar-refractivity contribution in [1.82, 2.24) is 5.32 Å². The minimum absolute atomic E-state index is 0.531. The summed E-state index contributed by atoms with van der Waals surface area (Å²) in [5.41, 5.74) is 0.618. The molecule has 1 rings (SSSR count). The van der Waals surface area contributed by atoms with Gasteiger partial charge in [0, 0.05) is 5.69 Å². The molecule has 80 valence electrons. The van der Waals surface area contributed by atoms with Crippen molar-refractivity contribution in [2.24, 2.45) is 0 Å². The first-order valence-electron chi connectivity index (χ1n) is 4.45. The smallest absolute Gasteiger partial charge is 0.325 e. The number of carbonyl (C=O) groups is 2. The van der Waals surface area contributed by atoms with E-state index in [0.717, 1.165) is 0 Å². The van der Waals surface area contributed by atoms with Gasteiger partial charge in [-0.15, -0.1) is 0 Å². The summed E-state index contributed by atoms with van der Waals surface area (Å²) >= 11 is 0. The number of nitrogens with one attached hydrogen (secondary N) is 2. The average Bonchev–Trinajstić information content (AvgIpc) is 2.18. The average molecular weight is 208 g/mol. The molecule has 0 radical (unpaired) electrons.